The highest BCUT2D eigenvalue weighted by atomic mass is 16.3. The van der Waals surface area contributed by atoms with Gasteiger partial charge in [0.25, 0.3) is 0 Å². The smallest absolute Gasteiger partial charge is 0.239 e. The summed E-state index contributed by atoms with van der Waals surface area (Å²) in [5.41, 5.74) is 5.11. The normalized spacial score (nSPS) is 14.9. The highest BCUT2D eigenvalue weighted by Crippen LogP contribution is 1.80. The Morgan fingerprint density at radius 3 is 2.42 bits per heavy atom. The van der Waals surface area contributed by atoms with Gasteiger partial charge in [0.15, 0.2) is 0 Å². The molecule has 0 aliphatic rings. The Morgan fingerprint density at radius 1 is 1.50 bits per heavy atom. The lowest BCUT2D eigenvalue weighted by molar-refractivity contribution is -0.126. The lowest BCUT2D eigenvalue weighted by Crippen LogP contribution is -2.48. The second-order valence-corrected chi connectivity index (χ2v) is 2.22. The molecule has 0 bridgehead atoms. The van der Waals surface area contributed by atoms with Gasteiger partial charge in [-0.15, -0.1) is 0 Å². The molecule has 5 N–H and O–H groups in total. The number of rotatable bonds is 5. The number of carbonyl (C=O) groups is 2. The fourth-order valence-electron chi connectivity index (χ4n) is 0.495. The van der Waals surface area contributed by atoms with Gasteiger partial charge in [0.2, 0.25) is 5.91 Å². The van der Waals surface area contributed by atoms with E-state index in [4.69, 9.17) is 15.9 Å². The van der Waals surface area contributed by atoms with Crippen LogP contribution in [0, 0.1) is 0 Å². The van der Waals surface area contributed by atoms with E-state index in [0.717, 1.165) is 0 Å². The molecule has 0 aromatic heterocycles. The van der Waals surface area contributed by atoms with Gasteiger partial charge in [-0.3, -0.25) is 4.79 Å². The van der Waals surface area contributed by atoms with Gasteiger partial charge in [0.05, 0.1) is 13.2 Å². The van der Waals surface area contributed by atoms with Crippen LogP contribution in [0.1, 0.15) is 0 Å². The molecule has 2 atom stereocenters. The van der Waals surface area contributed by atoms with E-state index < -0.39 is 31.2 Å². The zero-order valence-electron chi connectivity index (χ0n) is 6.43. The minimum atomic E-state index is -1.06. The van der Waals surface area contributed by atoms with Gasteiger partial charge in [-0.05, 0) is 0 Å². The molecule has 6 heteroatoms. The second kappa shape index (κ2) is 5.64. The van der Waals surface area contributed by atoms with Gasteiger partial charge in [0, 0.05) is 0 Å². The van der Waals surface area contributed by atoms with E-state index >= 15 is 0 Å². The molecule has 70 valence electrons. The van der Waals surface area contributed by atoms with Crippen LogP contribution in [-0.2, 0) is 9.59 Å². The lowest BCUT2D eigenvalue weighted by Gasteiger charge is -2.12. The number of nitrogens with one attached hydrogen (secondary N) is 1. The summed E-state index contributed by atoms with van der Waals surface area (Å²) in [5.74, 6) is -0.663. The highest BCUT2D eigenvalue weighted by molar-refractivity contribution is 5.84. The van der Waals surface area contributed by atoms with Crippen LogP contribution in [-0.4, -0.2) is 47.7 Å². The van der Waals surface area contributed by atoms with Crippen LogP contribution in [0.2, 0.25) is 0 Å². The topological polar surface area (TPSA) is 113 Å². The van der Waals surface area contributed by atoms with Crippen LogP contribution in [0.25, 0.3) is 0 Å². The van der Waals surface area contributed by atoms with Gasteiger partial charge < -0.3 is 26.1 Å². The number of aldehydes is 1. The van der Waals surface area contributed by atoms with E-state index in [9.17, 15) is 9.59 Å². The molecule has 12 heavy (non-hydrogen) atoms. The predicted octanol–water partition coefficient (Wildman–Crippen LogP) is -3.02. The number of aliphatic hydroxyl groups excluding tert-OH is 2. The van der Waals surface area contributed by atoms with Gasteiger partial charge in [-0.1, -0.05) is 0 Å². The zero-order chi connectivity index (χ0) is 9.56. The van der Waals surface area contributed by atoms with Crippen molar-refractivity contribution in [1.29, 1.82) is 0 Å². The Hall–Kier alpha value is -0.980. The van der Waals surface area contributed by atoms with Gasteiger partial charge in [-0.25, -0.2) is 0 Å². The fourth-order valence-corrected chi connectivity index (χ4v) is 0.495. The lowest BCUT2D eigenvalue weighted by atomic mass is 10.2. The molecular formula is C6H12N2O4. The first-order chi connectivity index (χ1) is 5.65. The summed E-state index contributed by atoms with van der Waals surface area (Å²) in [6.07, 6.45) is 0.391. The maximum atomic E-state index is 10.8. The Morgan fingerprint density at radius 2 is 2.08 bits per heavy atom. The third-order valence-corrected chi connectivity index (χ3v) is 1.22. The Labute approximate surface area is 69.4 Å². The summed E-state index contributed by atoms with van der Waals surface area (Å²) in [5, 5.41) is 19.0. The van der Waals surface area contributed by atoms with Crippen LogP contribution in [0.5, 0.6) is 0 Å². The summed E-state index contributed by atoms with van der Waals surface area (Å²) in [6.45, 7) is -0.976. The third kappa shape index (κ3) is 3.42. The van der Waals surface area contributed by atoms with Crippen molar-refractivity contribution in [3.63, 3.8) is 0 Å². The van der Waals surface area contributed by atoms with Crippen molar-refractivity contribution in [2.45, 2.75) is 12.1 Å². The van der Waals surface area contributed by atoms with Crippen LogP contribution in [0.15, 0.2) is 0 Å². The zero-order valence-corrected chi connectivity index (χ0v) is 6.43. The molecule has 0 aromatic carbocycles. The first-order valence-corrected chi connectivity index (χ1v) is 3.38. The summed E-state index contributed by atoms with van der Waals surface area (Å²) in [6, 6.07) is -2.01. The molecule has 0 radical (unpaired) electrons. The maximum absolute atomic E-state index is 10.8. The summed E-state index contributed by atoms with van der Waals surface area (Å²) >= 11 is 0. The van der Waals surface area contributed by atoms with E-state index in [2.05, 4.69) is 5.32 Å². The SMILES string of the molecule is N[C@@H](CO)C(=O)N[C@H](C=O)CO. The molecule has 0 rings (SSSR count). The molecule has 0 saturated heterocycles. The molecule has 0 heterocycles. The highest BCUT2D eigenvalue weighted by Gasteiger charge is 2.15. The Kier molecular flexibility index (Phi) is 5.18. The maximum Gasteiger partial charge on any atom is 0.239 e. The Balaban J connectivity index is 3.89. The molecule has 6 nitrogen and oxygen atoms in total. The molecular weight excluding hydrogens is 164 g/mol. The predicted molar refractivity (Wildman–Crippen MR) is 40.1 cm³/mol. The van der Waals surface area contributed by atoms with E-state index in [1.807, 2.05) is 0 Å². The number of amides is 1. The van der Waals surface area contributed by atoms with Crippen molar-refractivity contribution in [2.24, 2.45) is 5.73 Å². The second-order valence-electron chi connectivity index (χ2n) is 2.22. The number of aliphatic hydroxyl groups is 2. The average molecular weight is 176 g/mol. The van der Waals surface area contributed by atoms with Gasteiger partial charge in [-0.2, -0.15) is 0 Å². The molecule has 0 aliphatic carbocycles. The minimum absolute atomic E-state index is 0.391. The molecule has 0 fully saturated rings. The molecule has 0 spiro atoms. The largest absolute Gasteiger partial charge is 0.394 e. The van der Waals surface area contributed by atoms with E-state index in [0.29, 0.717) is 6.29 Å². The first-order valence-electron chi connectivity index (χ1n) is 3.38. The van der Waals surface area contributed by atoms with Gasteiger partial charge >= 0.3 is 0 Å². The van der Waals surface area contributed by atoms with Crippen LogP contribution >= 0.6 is 0 Å². The van der Waals surface area contributed by atoms with E-state index in [1.54, 1.807) is 0 Å². The first kappa shape index (κ1) is 11.0. The van der Waals surface area contributed by atoms with Crippen molar-refractivity contribution >= 4 is 12.2 Å². The number of nitrogens with two attached hydrogens (primary N) is 1. The monoisotopic (exact) mass is 176 g/mol. The Bertz CT molecular complexity index is 162. The quantitative estimate of drug-likeness (QED) is 0.333. The van der Waals surface area contributed by atoms with Crippen molar-refractivity contribution in [3.8, 4) is 0 Å². The van der Waals surface area contributed by atoms with Crippen molar-refractivity contribution < 1.29 is 19.8 Å². The van der Waals surface area contributed by atoms with E-state index in [-0.39, 0.29) is 0 Å². The molecule has 1 amide bonds. The van der Waals surface area contributed by atoms with Crippen molar-refractivity contribution in [2.75, 3.05) is 13.2 Å². The van der Waals surface area contributed by atoms with Crippen LogP contribution < -0.4 is 11.1 Å². The average Bonchev–Trinajstić information content (AvgIpc) is 2.12. The summed E-state index contributed by atoms with van der Waals surface area (Å²) < 4.78 is 0. The van der Waals surface area contributed by atoms with Crippen LogP contribution in [0.3, 0.4) is 0 Å². The molecule has 0 aliphatic heterocycles. The summed E-state index contributed by atoms with van der Waals surface area (Å²) in [4.78, 5) is 20.9. The number of carbonyl (C=O) groups excluding carboxylic acids is 2. The van der Waals surface area contributed by atoms with E-state index in [1.165, 1.54) is 0 Å². The molecule has 0 saturated carbocycles. The minimum Gasteiger partial charge on any atom is -0.394 e. The van der Waals surface area contributed by atoms with Crippen LogP contribution in [0.4, 0.5) is 0 Å². The fraction of sp³-hybridized carbons (Fsp3) is 0.667. The summed E-state index contributed by atoms with van der Waals surface area (Å²) in [7, 11) is 0. The third-order valence-electron chi connectivity index (χ3n) is 1.22. The van der Waals surface area contributed by atoms with Gasteiger partial charge in [0.1, 0.15) is 18.4 Å². The number of hydrogen-bond donors (Lipinski definition) is 4. The van der Waals surface area contributed by atoms with Crippen molar-refractivity contribution in [3.05, 3.63) is 0 Å². The standard InChI is InChI=1S/C6H12N2O4/c7-5(3-11)6(12)8-4(1-9)2-10/h1,4-5,10-11H,2-3,7H2,(H,8,12)/t4-,5+/m1/s1. The molecule has 0 aromatic rings. The molecule has 0 unspecified atom stereocenters. The van der Waals surface area contributed by atoms with Crippen molar-refractivity contribution in [1.82, 2.24) is 5.32 Å². The number of hydrogen-bond acceptors (Lipinski definition) is 5.